The summed E-state index contributed by atoms with van der Waals surface area (Å²) < 4.78 is 5.64. The Morgan fingerprint density at radius 2 is 1.45 bits per heavy atom. The molecule has 0 unspecified atom stereocenters. The standard InChI is InChI=1S/C39H43N5O3/c1-6-40-26-9-7-25(8-10-26)17-20-47-38(46)34-22-30-27-15-18-43(35(27)13-11-32(30)42-34)24(2)33-21-29-28-16-19-44(37(45)23-39(3,4)5)36(28)14-12-31(29)41-33/h7-14,21-22,40-42H,2,6,15-20,23H2,1,3-5H3. The number of ether oxygens (including phenoxy) is 1. The molecule has 3 aromatic carbocycles. The van der Waals surface area contributed by atoms with Crippen LogP contribution < -0.4 is 15.1 Å². The molecule has 242 valence electrons. The minimum Gasteiger partial charge on any atom is -0.461 e. The number of aromatic amines is 2. The van der Waals surface area contributed by atoms with E-state index in [0.717, 1.165) is 88.3 Å². The monoisotopic (exact) mass is 629 g/mol. The van der Waals surface area contributed by atoms with Crippen molar-refractivity contribution in [2.45, 2.75) is 53.4 Å². The molecule has 2 aromatic heterocycles. The van der Waals surface area contributed by atoms with E-state index in [1.165, 1.54) is 11.1 Å². The molecule has 1 amide bonds. The molecule has 0 saturated heterocycles. The molecule has 5 aromatic rings. The molecule has 47 heavy (non-hydrogen) atoms. The molecule has 2 aliphatic rings. The summed E-state index contributed by atoms with van der Waals surface area (Å²) in [6, 6.07) is 20.6. The third-order valence-corrected chi connectivity index (χ3v) is 9.33. The number of rotatable bonds is 9. The number of carbonyl (C=O) groups excluding carboxylic acids is 2. The Labute approximate surface area is 275 Å². The van der Waals surface area contributed by atoms with Gasteiger partial charge in [0.05, 0.1) is 18.0 Å². The van der Waals surface area contributed by atoms with Gasteiger partial charge in [-0.15, -0.1) is 0 Å². The maximum atomic E-state index is 13.1. The molecule has 0 spiro atoms. The number of nitrogens with one attached hydrogen (secondary N) is 3. The molecule has 8 heteroatoms. The SMILES string of the molecule is C=C(c1cc2c3c(ccc2[nH]1)N(C(=O)CC(C)(C)C)CC3)N1CCc2c1ccc1[nH]c(C(=O)OCCc3ccc(NCC)cc3)cc21. The zero-order chi connectivity index (χ0) is 32.9. The van der Waals surface area contributed by atoms with Crippen molar-refractivity contribution in [2.75, 3.05) is 41.4 Å². The molecule has 0 fully saturated rings. The lowest BCUT2D eigenvalue weighted by Crippen LogP contribution is -2.31. The molecule has 3 N–H and O–H groups in total. The van der Waals surface area contributed by atoms with E-state index >= 15 is 0 Å². The van der Waals surface area contributed by atoms with Crippen LogP contribution in [-0.2, 0) is 28.8 Å². The normalized spacial score (nSPS) is 14.1. The maximum absolute atomic E-state index is 13.1. The van der Waals surface area contributed by atoms with Crippen molar-refractivity contribution in [3.05, 3.63) is 95.3 Å². The van der Waals surface area contributed by atoms with Gasteiger partial charge in [-0.25, -0.2) is 4.79 Å². The summed E-state index contributed by atoms with van der Waals surface area (Å²) in [4.78, 5) is 37.1. The van der Waals surface area contributed by atoms with Gasteiger partial charge in [-0.05, 0) is 90.4 Å². The Morgan fingerprint density at radius 3 is 2.09 bits per heavy atom. The fraction of sp³-hybridized carbons (Fsp3) is 0.333. The number of anilines is 3. The lowest BCUT2D eigenvalue weighted by molar-refractivity contribution is -0.120. The smallest absolute Gasteiger partial charge is 0.354 e. The van der Waals surface area contributed by atoms with Crippen LogP contribution in [0.25, 0.3) is 27.5 Å². The highest BCUT2D eigenvalue weighted by Crippen LogP contribution is 2.41. The van der Waals surface area contributed by atoms with Crippen molar-refractivity contribution in [3.63, 3.8) is 0 Å². The molecule has 7 rings (SSSR count). The van der Waals surface area contributed by atoms with Crippen LogP contribution in [0.1, 0.15) is 67.0 Å². The van der Waals surface area contributed by atoms with Crippen molar-refractivity contribution >= 4 is 56.4 Å². The predicted octanol–water partition coefficient (Wildman–Crippen LogP) is 7.84. The number of H-pyrrole nitrogens is 2. The van der Waals surface area contributed by atoms with E-state index in [4.69, 9.17) is 4.74 Å². The van der Waals surface area contributed by atoms with E-state index in [1.807, 2.05) is 29.2 Å². The van der Waals surface area contributed by atoms with E-state index in [1.54, 1.807) is 0 Å². The van der Waals surface area contributed by atoms with E-state index < -0.39 is 0 Å². The Bertz CT molecular complexity index is 2010. The highest BCUT2D eigenvalue weighted by atomic mass is 16.5. The third-order valence-electron chi connectivity index (χ3n) is 9.33. The Hall–Kier alpha value is -4.98. The minimum absolute atomic E-state index is 0.0501. The van der Waals surface area contributed by atoms with Gasteiger partial charge in [-0.2, -0.15) is 0 Å². The van der Waals surface area contributed by atoms with Crippen molar-refractivity contribution in [1.29, 1.82) is 0 Å². The van der Waals surface area contributed by atoms with Gasteiger partial charge < -0.3 is 29.8 Å². The second kappa shape index (κ2) is 12.0. The van der Waals surface area contributed by atoms with E-state index in [2.05, 4.69) is 90.9 Å². The predicted molar refractivity (Wildman–Crippen MR) is 191 cm³/mol. The van der Waals surface area contributed by atoms with Gasteiger partial charge in [-0.3, -0.25) is 4.79 Å². The summed E-state index contributed by atoms with van der Waals surface area (Å²) >= 11 is 0. The van der Waals surface area contributed by atoms with Crippen LogP contribution in [0.3, 0.4) is 0 Å². The lowest BCUT2D eigenvalue weighted by atomic mass is 9.91. The van der Waals surface area contributed by atoms with Gasteiger partial charge in [0.15, 0.2) is 0 Å². The van der Waals surface area contributed by atoms with Crippen LogP contribution in [0.2, 0.25) is 0 Å². The number of amides is 1. The molecule has 8 nitrogen and oxygen atoms in total. The zero-order valence-electron chi connectivity index (χ0n) is 27.8. The van der Waals surface area contributed by atoms with Gasteiger partial charge in [-0.1, -0.05) is 39.5 Å². The van der Waals surface area contributed by atoms with Crippen LogP contribution in [0.4, 0.5) is 17.1 Å². The Balaban J connectivity index is 1.06. The maximum Gasteiger partial charge on any atom is 0.354 e. The largest absolute Gasteiger partial charge is 0.461 e. The summed E-state index contributed by atoms with van der Waals surface area (Å²) in [6.07, 6.45) is 2.88. The summed E-state index contributed by atoms with van der Waals surface area (Å²) in [5, 5.41) is 5.48. The van der Waals surface area contributed by atoms with Gasteiger partial charge in [0, 0.05) is 71.3 Å². The zero-order valence-corrected chi connectivity index (χ0v) is 27.8. The van der Waals surface area contributed by atoms with Crippen molar-refractivity contribution in [1.82, 2.24) is 9.97 Å². The fourth-order valence-electron chi connectivity index (χ4n) is 7.06. The average Bonchev–Trinajstić information content (AvgIpc) is 3.83. The second-order valence-electron chi connectivity index (χ2n) is 13.9. The van der Waals surface area contributed by atoms with Crippen LogP contribution in [0.15, 0.2) is 67.2 Å². The van der Waals surface area contributed by atoms with Crippen LogP contribution in [0.5, 0.6) is 0 Å². The number of benzene rings is 3. The molecule has 4 heterocycles. The molecule has 0 atom stereocenters. The molecule has 0 aliphatic carbocycles. The first-order valence-electron chi connectivity index (χ1n) is 16.7. The first kappa shape index (κ1) is 30.7. The summed E-state index contributed by atoms with van der Waals surface area (Å²) in [6.45, 7) is 15.6. The first-order valence-corrected chi connectivity index (χ1v) is 16.7. The number of aromatic nitrogens is 2. The summed E-state index contributed by atoms with van der Waals surface area (Å²) in [7, 11) is 0. The summed E-state index contributed by atoms with van der Waals surface area (Å²) in [5.74, 6) is -0.161. The molecular weight excluding hydrogens is 586 g/mol. The van der Waals surface area contributed by atoms with Crippen LogP contribution in [0, 0.1) is 5.41 Å². The lowest BCUT2D eigenvalue weighted by Gasteiger charge is -2.23. The van der Waals surface area contributed by atoms with E-state index in [9.17, 15) is 9.59 Å². The summed E-state index contributed by atoms with van der Waals surface area (Å²) in [5.41, 5.74) is 11.0. The van der Waals surface area contributed by atoms with Crippen LogP contribution >= 0.6 is 0 Å². The first-order chi connectivity index (χ1) is 22.6. The number of carbonyl (C=O) groups is 2. The van der Waals surface area contributed by atoms with Crippen LogP contribution in [-0.4, -0.2) is 48.1 Å². The Kier molecular flexibility index (Phi) is 7.82. The molecular formula is C39H43N5O3. The highest BCUT2D eigenvalue weighted by Gasteiger charge is 2.30. The van der Waals surface area contributed by atoms with Crippen molar-refractivity contribution in [2.24, 2.45) is 5.41 Å². The van der Waals surface area contributed by atoms with E-state index in [-0.39, 0.29) is 17.3 Å². The van der Waals surface area contributed by atoms with Crippen molar-refractivity contribution in [3.8, 4) is 0 Å². The van der Waals surface area contributed by atoms with Gasteiger partial charge in [0.25, 0.3) is 0 Å². The van der Waals surface area contributed by atoms with Gasteiger partial charge >= 0.3 is 5.97 Å². The quantitative estimate of drug-likeness (QED) is 0.145. The number of fused-ring (bicyclic) bond motifs is 6. The van der Waals surface area contributed by atoms with E-state index in [0.29, 0.717) is 25.1 Å². The second-order valence-corrected chi connectivity index (χ2v) is 13.9. The van der Waals surface area contributed by atoms with Gasteiger partial charge in [0.2, 0.25) is 5.91 Å². The number of hydrogen-bond donors (Lipinski definition) is 3. The third kappa shape index (κ3) is 5.88. The van der Waals surface area contributed by atoms with Crippen molar-refractivity contribution < 1.29 is 14.3 Å². The number of hydrogen-bond acceptors (Lipinski definition) is 5. The molecule has 0 radical (unpaired) electrons. The highest BCUT2D eigenvalue weighted by molar-refractivity contribution is 6.02. The molecule has 2 aliphatic heterocycles. The topological polar surface area (TPSA) is 93.5 Å². The van der Waals surface area contributed by atoms with Gasteiger partial charge in [0.1, 0.15) is 5.69 Å². The molecule has 0 bridgehead atoms. The molecule has 0 saturated carbocycles. The Morgan fingerprint density at radius 1 is 0.851 bits per heavy atom. The fourth-order valence-corrected chi connectivity index (χ4v) is 7.06. The average molecular weight is 630 g/mol. The number of nitrogens with zero attached hydrogens (tertiary/aromatic N) is 2. The minimum atomic E-state index is -0.345. The number of esters is 1.